The van der Waals surface area contributed by atoms with Crippen LogP contribution >= 0.6 is 0 Å². The first kappa shape index (κ1) is 98.0. The number of anilines is 3. The highest BCUT2D eigenvalue weighted by Gasteiger charge is 2.45. The van der Waals surface area contributed by atoms with Gasteiger partial charge in [-0.25, -0.2) is 0 Å². The Morgan fingerprint density at radius 1 is 0.211 bits per heavy atom. The highest BCUT2D eigenvalue weighted by Crippen LogP contribution is 2.61. The molecule has 0 N–H and O–H groups in total. The summed E-state index contributed by atoms with van der Waals surface area (Å²) in [4.78, 5) is 2.50. The number of benzene rings is 17. The molecule has 17 aromatic rings. The summed E-state index contributed by atoms with van der Waals surface area (Å²) in [5.41, 5.74) is 54.3. The first-order valence-electron chi connectivity index (χ1n) is 55.2. The zero-order valence-electron chi connectivity index (χ0n) is 91.1. The van der Waals surface area contributed by atoms with Crippen molar-refractivity contribution in [3.8, 4) is 167 Å². The van der Waals surface area contributed by atoms with Gasteiger partial charge in [-0.2, -0.15) is 0 Å². The van der Waals surface area contributed by atoms with E-state index in [-0.39, 0.29) is 43.3 Å². The van der Waals surface area contributed by atoms with E-state index in [1.54, 1.807) is 11.1 Å². The maximum absolute atomic E-state index is 7.71. The minimum atomic E-state index is -0.321. The fraction of sp³-hybridized carbons (Fsp3) is 0.297. The molecule has 0 fully saturated rings. The quantitative estimate of drug-likeness (QED) is 0.0529. The topological polar surface area (TPSA) is 12.5 Å². The Bertz CT molecular complexity index is 7630. The van der Waals surface area contributed by atoms with Gasteiger partial charge in [-0.1, -0.05) is 446 Å². The molecule has 1 aliphatic heterocycles. The van der Waals surface area contributed by atoms with Crippen LogP contribution in [-0.4, -0.2) is 0 Å². The van der Waals surface area contributed by atoms with Crippen molar-refractivity contribution in [3.05, 3.63) is 412 Å². The van der Waals surface area contributed by atoms with Crippen LogP contribution in [0.1, 0.15) is 301 Å². The standard InChI is InChI=1S/C145H147NO/c1-22-24-26-28-30-34-72-145(73-35-31-29-27-25-23-2)126-37-33-32-36-118(126)125-69-52-102(89-133(125)145)99-49-66-123-121-64-47-97(84-129(121)143(18,19)131(123)86-99)98-48-65-122-124-68-51-101(88-132(124)144(20,21)130(122)85-98)104-54-71-135-137(91-104)147-136-90-103(100-50-67-120-119-63-38-92(3)74-127(119)142(16,17)128(120)87-100)53-70-134(136)146(135)117-82-111(109-77-105(93-39-55-113(56-40-93)138(4,5)6)75-106(78-109)94-41-57-114(58-42-94)139(7,8)9)81-112(83-117)110-79-107(95-43-59-115(60-44-95)140(10,11)12)76-108(80-110)96-45-61-116(62-46-96)141(13,14)15/h32-33,36-71,74-91H,22-31,34-35,72-73H2,1-21H3. The van der Waals surface area contributed by atoms with Crippen LogP contribution in [0.3, 0.4) is 0 Å². The van der Waals surface area contributed by atoms with Crippen LogP contribution in [0.5, 0.6) is 11.5 Å². The van der Waals surface area contributed by atoms with Crippen LogP contribution in [-0.2, 0) is 43.3 Å². The number of rotatable bonds is 25. The van der Waals surface area contributed by atoms with Gasteiger partial charge in [0.15, 0.2) is 11.5 Å². The van der Waals surface area contributed by atoms with Gasteiger partial charge in [0.05, 0.1) is 11.4 Å². The molecule has 0 saturated carbocycles. The molecule has 22 rings (SSSR count). The van der Waals surface area contributed by atoms with Crippen LogP contribution in [0.4, 0.5) is 17.1 Å². The van der Waals surface area contributed by atoms with Crippen molar-refractivity contribution in [2.75, 3.05) is 4.90 Å². The zero-order valence-corrected chi connectivity index (χ0v) is 91.1. The third kappa shape index (κ3) is 18.1. The second kappa shape index (κ2) is 37.6. The predicted octanol–water partition coefficient (Wildman–Crippen LogP) is 42.1. The smallest absolute Gasteiger partial charge is 0.152 e. The summed E-state index contributed by atoms with van der Waals surface area (Å²) < 4.78 is 7.71. The molecule has 738 valence electrons. The second-order valence-corrected chi connectivity index (χ2v) is 49.6. The molecule has 147 heavy (non-hydrogen) atoms. The van der Waals surface area contributed by atoms with Crippen molar-refractivity contribution in [1.29, 1.82) is 0 Å². The SMILES string of the molecule is CCCCCCCCC1(CCCCCCCC)c2ccccc2-c2ccc(-c3ccc4c(c3)C(C)(C)c3cc(-c5ccc6c(c5)C(C)(C)c5cc(-c7ccc8c(c7)Oc7cc(-c9ccc%10c(c9)C(C)(C)c9cc(C)ccc9-%10)ccc7N8c7cc(-c8cc(-c9ccc(C(C)(C)C)cc9)cc(-c9ccc(C(C)(C)C)cc9)c8)cc(-c8cc(-c9ccc(C(C)(C)C)cc9)cc(-c9ccc(C(C)(C)C)cc9)c8)c7)ccc5-6)ccc3-4)cc21. The predicted molar refractivity (Wildman–Crippen MR) is 630 cm³/mol. The van der Waals surface area contributed by atoms with E-state index < -0.39 is 0 Å². The van der Waals surface area contributed by atoms with Gasteiger partial charge in [-0.05, 0) is 379 Å². The number of hydrogen-bond acceptors (Lipinski definition) is 2. The molecule has 17 aromatic carbocycles. The third-order valence-electron chi connectivity index (χ3n) is 34.4. The van der Waals surface area contributed by atoms with E-state index in [2.05, 4.69) is 490 Å². The van der Waals surface area contributed by atoms with Crippen molar-refractivity contribution in [3.63, 3.8) is 0 Å². The third-order valence-corrected chi connectivity index (χ3v) is 34.4. The molecule has 0 unspecified atom stereocenters. The van der Waals surface area contributed by atoms with Gasteiger partial charge in [0.1, 0.15) is 0 Å². The van der Waals surface area contributed by atoms with Crippen molar-refractivity contribution >= 4 is 17.1 Å². The fourth-order valence-electron chi connectivity index (χ4n) is 25.4. The second-order valence-electron chi connectivity index (χ2n) is 49.6. The van der Waals surface area contributed by atoms with Gasteiger partial charge >= 0.3 is 0 Å². The number of hydrogen-bond donors (Lipinski definition) is 0. The van der Waals surface area contributed by atoms with Gasteiger partial charge in [-0.15, -0.1) is 0 Å². The van der Waals surface area contributed by atoms with E-state index in [9.17, 15) is 0 Å². The minimum absolute atomic E-state index is 0.00920. The summed E-state index contributed by atoms with van der Waals surface area (Å²) in [6.07, 6.45) is 18.2. The summed E-state index contributed by atoms with van der Waals surface area (Å²) in [5.74, 6) is 1.57. The summed E-state index contributed by atoms with van der Waals surface area (Å²) in [6.45, 7) is 49.2. The molecular formula is C145H147NO. The van der Waals surface area contributed by atoms with E-state index in [1.165, 1.54) is 240 Å². The lowest BCUT2D eigenvalue weighted by atomic mass is 9.70. The van der Waals surface area contributed by atoms with Gasteiger partial charge in [0.2, 0.25) is 0 Å². The molecule has 2 heteroatoms. The van der Waals surface area contributed by atoms with E-state index in [4.69, 9.17) is 4.74 Å². The van der Waals surface area contributed by atoms with E-state index in [0.717, 1.165) is 95.3 Å². The summed E-state index contributed by atoms with van der Waals surface area (Å²) >= 11 is 0. The molecule has 0 atom stereocenters. The largest absolute Gasteiger partial charge is 0.453 e. The fourth-order valence-corrected chi connectivity index (χ4v) is 25.4. The lowest BCUT2D eigenvalue weighted by Crippen LogP contribution is -2.25. The Balaban J connectivity index is 0.646. The molecular weight excluding hydrogens is 1770 g/mol. The van der Waals surface area contributed by atoms with Crippen LogP contribution in [0.15, 0.2) is 340 Å². The van der Waals surface area contributed by atoms with Crippen LogP contribution < -0.4 is 9.64 Å². The average molecular weight is 1920 g/mol. The molecule has 0 amide bonds. The van der Waals surface area contributed by atoms with Gasteiger partial charge in [0, 0.05) is 27.3 Å². The van der Waals surface area contributed by atoms with Crippen molar-refractivity contribution in [1.82, 2.24) is 0 Å². The Labute approximate surface area is 878 Å². The lowest BCUT2D eigenvalue weighted by molar-refractivity contribution is 0.398. The maximum atomic E-state index is 7.71. The summed E-state index contributed by atoms with van der Waals surface area (Å²) in [6, 6.07) is 134. The van der Waals surface area contributed by atoms with Gasteiger partial charge in [0.25, 0.3) is 0 Å². The number of nitrogens with zero attached hydrogens (tertiary/aromatic N) is 1. The molecule has 0 radical (unpaired) electrons. The van der Waals surface area contributed by atoms with E-state index in [0.29, 0.717) is 0 Å². The highest BCUT2D eigenvalue weighted by molar-refractivity contribution is 5.98. The molecule has 0 spiro atoms. The van der Waals surface area contributed by atoms with Crippen LogP contribution in [0, 0.1) is 6.92 Å². The normalized spacial score (nSPS) is 14.5. The summed E-state index contributed by atoms with van der Waals surface area (Å²) in [7, 11) is 0. The first-order chi connectivity index (χ1) is 70.4. The Morgan fingerprint density at radius 3 is 0.762 bits per heavy atom. The number of aryl methyl sites for hydroxylation is 1. The Morgan fingerprint density at radius 2 is 0.449 bits per heavy atom. The lowest BCUT2D eigenvalue weighted by Gasteiger charge is -2.34. The maximum Gasteiger partial charge on any atom is 0.152 e. The molecule has 0 saturated heterocycles. The monoisotopic (exact) mass is 1920 g/mol. The van der Waals surface area contributed by atoms with Crippen molar-refractivity contribution in [2.24, 2.45) is 0 Å². The number of ether oxygens (including phenoxy) is 1. The highest BCUT2D eigenvalue weighted by atomic mass is 16.5. The Kier molecular flexibility index (Phi) is 25.1. The van der Waals surface area contributed by atoms with Gasteiger partial charge < -0.3 is 9.64 Å². The Hall–Kier alpha value is -13.7. The van der Waals surface area contributed by atoms with E-state index >= 15 is 0 Å². The average Bonchev–Trinajstić information content (AvgIpc) is 1.56. The van der Waals surface area contributed by atoms with Gasteiger partial charge in [-0.3, -0.25) is 0 Å². The van der Waals surface area contributed by atoms with Crippen LogP contribution in [0.2, 0.25) is 0 Å². The molecule has 4 aliphatic carbocycles. The zero-order chi connectivity index (χ0) is 102. The van der Waals surface area contributed by atoms with E-state index in [1.807, 2.05) is 0 Å². The first-order valence-corrected chi connectivity index (χ1v) is 55.2. The molecule has 2 nitrogen and oxygen atoms in total. The van der Waals surface area contributed by atoms with Crippen LogP contribution in [0.25, 0.3) is 156 Å². The molecule has 5 aliphatic rings. The molecule has 0 aromatic heterocycles. The number of fused-ring (bicyclic) bond motifs is 14. The van der Waals surface area contributed by atoms with Crippen molar-refractivity contribution < 1.29 is 4.74 Å². The molecule has 0 bridgehead atoms. The minimum Gasteiger partial charge on any atom is -0.453 e. The van der Waals surface area contributed by atoms with Crippen molar-refractivity contribution in [2.45, 2.75) is 279 Å². The molecule has 1 heterocycles. The summed E-state index contributed by atoms with van der Waals surface area (Å²) in [5, 5.41) is 0. The number of unbranched alkanes of at least 4 members (excludes halogenated alkanes) is 10.